The number of ether oxygens (including phenoxy) is 3. The van der Waals surface area contributed by atoms with Crippen LogP contribution in [0.3, 0.4) is 0 Å². The first-order valence-corrected chi connectivity index (χ1v) is 10.3. The molecule has 5 rings (SSSR count). The lowest BCUT2D eigenvalue weighted by molar-refractivity contribution is -0.116. The SMILES string of the molecule is COC(=O)c1cc(C2CC2)nc2c1c(=O)n(CC(=O)Nc1ccc3c(c1)OCO3)c(=O)n2C. The molecule has 170 valence electrons. The molecule has 2 aromatic heterocycles. The molecular weight excluding hydrogens is 432 g/mol. The minimum Gasteiger partial charge on any atom is -0.465 e. The van der Waals surface area contributed by atoms with E-state index < -0.39 is 29.7 Å². The Kier molecular flexibility index (Phi) is 4.88. The van der Waals surface area contributed by atoms with Gasteiger partial charge in [0.1, 0.15) is 12.2 Å². The number of aromatic nitrogens is 3. The number of nitrogens with one attached hydrogen (secondary N) is 1. The number of nitrogens with zero attached hydrogens (tertiary/aromatic N) is 3. The standard InChI is InChI=1S/C22H20N4O7/c1-25-19-18(13(21(29)31-2)8-14(24-19)11-3-4-11)20(28)26(22(25)30)9-17(27)23-12-5-6-15-16(7-12)33-10-32-15/h5-8,11H,3-4,9-10H2,1-2H3,(H,23,27). The molecule has 0 unspecified atom stereocenters. The fraction of sp³-hybridized carbons (Fsp3) is 0.318. The van der Waals surface area contributed by atoms with Crippen LogP contribution < -0.4 is 26.0 Å². The average molecular weight is 452 g/mol. The molecule has 11 nitrogen and oxygen atoms in total. The van der Waals surface area contributed by atoms with Crippen molar-refractivity contribution in [2.24, 2.45) is 7.05 Å². The number of methoxy groups -OCH3 is 1. The molecule has 3 aromatic rings. The number of hydrogen-bond donors (Lipinski definition) is 1. The normalized spacial score (nSPS) is 14.4. The average Bonchev–Trinajstić information content (AvgIpc) is 3.56. The fourth-order valence-corrected chi connectivity index (χ4v) is 3.82. The molecule has 1 aliphatic heterocycles. The van der Waals surface area contributed by atoms with E-state index in [-0.39, 0.29) is 29.3 Å². The van der Waals surface area contributed by atoms with Gasteiger partial charge in [0.05, 0.1) is 18.1 Å². The number of carbonyl (C=O) groups is 2. The third kappa shape index (κ3) is 3.60. The molecule has 0 atom stereocenters. The van der Waals surface area contributed by atoms with E-state index in [2.05, 4.69) is 10.3 Å². The van der Waals surface area contributed by atoms with Crippen molar-refractivity contribution in [2.45, 2.75) is 25.3 Å². The second-order valence-corrected chi connectivity index (χ2v) is 7.91. The van der Waals surface area contributed by atoms with E-state index in [4.69, 9.17) is 14.2 Å². The van der Waals surface area contributed by atoms with Gasteiger partial charge in [0.15, 0.2) is 11.5 Å². The zero-order chi connectivity index (χ0) is 23.3. The van der Waals surface area contributed by atoms with Crippen LogP contribution in [0.5, 0.6) is 11.5 Å². The van der Waals surface area contributed by atoms with E-state index in [9.17, 15) is 19.2 Å². The smallest absolute Gasteiger partial charge is 0.338 e. The van der Waals surface area contributed by atoms with E-state index in [1.54, 1.807) is 18.2 Å². The van der Waals surface area contributed by atoms with Crippen molar-refractivity contribution in [1.29, 1.82) is 0 Å². The quantitative estimate of drug-likeness (QED) is 0.570. The highest BCUT2D eigenvalue weighted by molar-refractivity contribution is 6.02. The number of aryl methyl sites for hydroxylation is 1. The van der Waals surface area contributed by atoms with Gasteiger partial charge in [0, 0.05) is 30.4 Å². The van der Waals surface area contributed by atoms with Crippen LogP contribution in [0.25, 0.3) is 11.0 Å². The van der Waals surface area contributed by atoms with Crippen LogP contribution in [0.2, 0.25) is 0 Å². The number of amides is 1. The Morgan fingerprint density at radius 1 is 1.18 bits per heavy atom. The van der Waals surface area contributed by atoms with Gasteiger partial charge in [-0.15, -0.1) is 0 Å². The fourth-order valence-electron chi connectivity index (χ4n) is 3.82. The molecule has 3 heterocycles. The van der Waals surface area contributed by atoms with Gasteiger partial charge in [-0.3, -0.25) is 18.7 Å². The molecule has 0 radical (unpaired) electrons. The summed E-state index contributed by atoms with van der Waals surface area (Å²) in [6, 6.07) is 6.38. The van der Waals surface area contributed by atoms with Crippen molar-refractivity contribution < 1.29 is 23.8 Å². The summed E-state index contributed by atoms with van der Waals surface area (Å²) in [6.07, 6.45) is 1.84. The van der Waals surface area contributed by atoms with Crippen LogP contribution in [0.4, 0.5) is 5.69 Å². The van der Waals surface area contributed by atoms with E-state index >= 15 is 0 Å². The molecule has 0 spiro atoms. The highest BCUT2D eigenvalue weighted by Crippen LogP contribution is 2.40. The summed E-state index contributed by atoms with van der Waals surface area (Å²) < 4.78 is 17.3. The monoisotopic (exact) mass is 452 g/mol. The van der Waals surface area contributed by atoms with Gasteiger partial charge in [-0.2, -0.15) is 0 Å². The maximum absolute atomic E-state index is 13.3. The zero-order valence-corrected chi connectivity index (χ0v) is 17.9. The minimum absolute atomic E-state index is 0.0231. The second kappa shape index (κ2) is 7.76. The van der Waals surface area contributed by atoms with Crippen LogP contribution in [0, 0.1) is 0 Å². The van der Waals surface area contributed by atoms with E-state index in [1.807, 2.05) is 0 Å². The molecule has 1 amide bonds. The number of esters is 1. The molecule has 0 bridgehead atoms. The molecule has 2 aliphatic rings. The number of rotatable bonds is 5. The molecule has 1 N–H and O–H groups in total. The lowest BCUT2D eigenvalue weighted by Gasteiger charge is -2.14. The first kappa shape index (κ1) is 20.7. The summed E-state index contributed by atoms with van der Waals surface area (Å²) in [7, 11) is 2.66. The number of benzene rings is 1. The predicted molar refractivity (Wildman–Crippen MR) is 116 cm³/mol. The Labute approximate surface area is 186 Å². The summed E-state index contributed by atoms with van der Waals surface area (Å²) in [5.41, 5.74) is -0.345. The highest BCUT2D eigenvalue weighted by atomic mass is 16.7. The summed E-state index contributed by atoms with van der Waals surface area (Å²) >= 11 is 0. The Hall–Kier alpha value is -4.15. The Bertz CT molecular complexity index is 1440. The van der Waals surface area contributed by atoms with Crippen LogP contribution in [0.1, 0.15) is 34.8 Å². The van der Waals surface area contributed by atoms with E-state index in [1.165, 1.54) is 24.8 Å². The van der Waals surface area contributed by atoms with Crippen molar-refractivity contribution in [2.75, 3.05) is 19.2 Å². The lowest BCUT2D eigenvalue weighted by Crippen LogP contribution is -2.42. The predicted octanol–water partition coefficient (Wildman–Crippen LogP) is 1.13. The molecule has 1 aromatic carbocycles. The maximum atomic E-state index is 13.3. The Morgan fingerprint density at radius 2 is 1.94 bits per heavy atom. The largest absolute Gasteiger partial charge is 0.465 e. The highest BCUT2D eigenvalue weighted by Gasteiger charge is 2.29. The van der Waals surface area contributed by atoms with Crippen molar-refractivity contribution in [3.8, 4) is 11.5 Å². The van der Waals surface area contributed by atoms with Crippen molar-refractivity contribution in [3.63, 3.8) is 0 Å². The first-order valence-electron chi connectivity index (χ1n) is 10.3. The third-order valence-electron chi connectivity index (χ3n) is 5.67. The molecule has 0 saturated heterocycles. The molecule has 1 fully saturated rings. The van der Waals surface area contributed by atoms with Crippen molar-refractivity contribution in [1.82, 2.24) is 14.1 Å². The van der Waals surface area contributed by atoms with Gasteiger partial charge in [-0.05, 0) is 31.0 Å². The molecule has 1 saturated carbocycles. The van der Waals surface area contributed by atoms with E-state index in [0.717, 1.165) is 17.4 Å². The van der Waals surface area contributed by atoms with Crippen LogP contribution >= 0.6 is 0 Å². The number of carbonyl (C=O) groups excluding carboxylic acids is 2. The molecule has 1 aliphatic carbocycles. The van der Waals surface area contributed by atoms with Gasteiger partial charge in [-0.1, -0.05) is 0 Å². The number of pyridine rings is 1. The van der Waals surface area contributed by atoms with Crippen LogP contribution in [-0.2, 0) is 23.1 Å². The molecule has 11 heteroatoms. The lowest BCUT2D eigenvalue weighted by atomic mass is 10.1. The number of fused-ring (bicyclic) bond motifs is 2. The van der Waals surface area contributed by atoms with Gasteiger partial charge < -0.3 is 19.5 Å². The number of anilines is 1. The first-order chi connectivity index (χ1) is 15.9. The van der Waals surface area contributed by atoms with Gasteiger partial charge in [-0.25, -0.2) is 14.6 Å². The summed E-state index contributed by atoms with van der Waals surface area (Å²) in [5, 5.41) is 2.57. The van der Waals surface area contributed by atoms with Gasteiger partial charge >= 0.3 is 11.7 Å². The van der Waals surface area contributed by atoms with Crippen LogP contribution in [0.15, 0.2) is 33.9 Å². The third-order valence-corrected chi connectivity index (χ3v) is 5.67. The summed E-state index contributed by atoms with van der Waals surface area (Å²) in [6.45, 7) is -0.463. The summed E-state index contributed by atoms with van der Waals surface area (Å²) in [4.78, 5) is 55.8. The minimum atomic E-state index is -0.788. The van der Waals surface area contributed by atoms with Gasteiger partial charge in [0.25, 0.3) is 5.56 Å². The second-order valence-electron chi connectivity index (χ2n) is 7.91. The van der Waals surface area contributed by atoms with Crippen molar-refractivity contribution >= 4 is 28.6 Å². The topological polar surface area (TPSA) is 131 Å². The maximum Gasteiger partial charge on any atom is 0.338 e. The van der Waals surface area contributed by atoms with E-state index in [0.29, 0.717) is 22.9 Å². The summed E-state index contributed by atoms with van der Waals surface area (Å²) in [5.74, 6) is -0.0957. The Morgan fingerprint density at radius 3 is 2.67 bits per heavy atom. The Balaban J connectivity index is 1.55. The molecule has 33 heavy (non-hydrogen) atoms. The van der Waals surface area contributed by atoms with Gasteiger partial charge in [0.2, 0.25) is 12.7 Å². The molecular formula is C22H20N4O7. The number of hydrogen-bond acceptors (Lipinski definition) is 8. The zero-order valence-electron chi connectivity index (χ0n) is 17.9. The van der Waals surface area contributed by atoms with Crippen molar-refractivity contribution in [3.05, 3.63) is 56.4 Å². The van der Waals surface area contributed by atoms with Crippen LogP contribution in [-0.4, -0.2) is 39.9 Å².